The van der Waals surface area contributed by atoms with E-state index in [1.54, 1.807) is 21.3 Å². The highest BCUT2D eigenvalue weighted by Gasteiger charge is 2.39. The Morgan fingerprint density at radius 2 is 1.34 bits per heavy atom. The zero-order valence-corrected chi connectivity index (χ0v) is 25.5. The average Bonchev–Trinajstić information content (AvgIpc) is 3.05. The number of hydrogen-bond donors (Lipinski definition) is 1. The molecule has 6 heterocycles. The van der Waals surface area contributed by atoms with E-state index in [0.29, 0.717) is 46.0 Å². The van der Waals surface area contributed by atoms with Gasteiger partial charge in [-0.15, -0.1) is 0 Å². The SMILES string of the molecule is COc1ccc2cc1Oc1ccc(cc1)CC1NCCc3cc(OC)c4c(c31)Oc1c(OC)cc3c(c1O4)C(C2)N(C)CC3. The van der Waals surface area contributed by atoms with Crippen molar-refractivity contribution in [1.29, 1.82) is 0 Å². The zero-order valence-electron chi connectivity index (χ0n) is 25.5. The van der Waals surface area contributed by atoms with Gasteiger partial charge in [0.2, 0.25) is 11.5 Å². The van der Waals surface area contributed by atoms with Crippen LogP contribution in [0.2, 0.25) is 0 Å². The van der Waals surface area contributed by atoms with Gasteiger partial charge in [-0.05, 0) is 97.9 Å². The first-order valence-corrected chi connectivity index (χ1v) is 15.2. The summed E-state index contributed by atoms with van der Waals surface area (Å²) in [5, 5.41) is 3.74. The molecule has 2 atom stereocenters. The molecule has 6 aliphatic heterocycles. The summed E-state index contributed by atoms with van der Waals surface area (Å²) in [6.45, 7) is 1.77. The number of likely N-dealkylation sites (N-methyl/N-ethyl adjacent to an activating group) is 1. The second kappa shape index (κ2) is 10.6. The van der Waals surface area contributed by atoms with E-state index in [1.807, 2.05) is 18.2 Å². The third-order valence-electron chi connectivity index (χ3n) is 9.48. The van der Waals surface area contributed by atoms with Crippen LogP contribution in [0.5, 0.6) is 51.7 Å². The van der Waals surface area contributed by atoms with Crippen LogP contribution in [0.3, 0.4) is 0 Å². The molecule has 0 saturated heterocycles. The van der Waals surface area contributed by atoms with E-state index in [4.69, 9.17) is 28.4 Å². The second-order valence-corrected chi connectivity index (χ2v) is 12.0. The van der Waals surface area contributed by atoms with Crippen LogP contribution in [0.15, 0.2) is 54.6 Å². The molecule has 0 radical (unpaired) electrons. The van der Waals surface area contributed by atoms with Gasteiger partial charge in [0.1, 0.15) is 5.75 Å². The van der Waals surface area contributed by atoms with Crippen LogP contribution in [0, 0.1) is 0 Å². The molecule has 1 N–H and O–H groups in total. The third kappa shape index (κ3) is 4.35. The normalized spacial score (nSPS) is 19.6. The van der Waals surface area contributed by atoms with Gasteiger partial charge in [-0.1, -0.05) is 18.2 Å². The molecule has 0 saturated carbocycles. The van der Waals surface area contributed by atoms with Crippen molar-refractivity contribution in [3.63, 3.8) is 0 Å². The van der Waals surface area contributed by atoms with Crippen molar-refractivity contribution < 1.29 is 28.4 Å². The van der Waals surface area contributed by atoms with Gasteiger partial charge in [0, 0.05) is 29.8 Å². The summed E-state index contributed by atoms with van der Waals surface area (Å²) in [7, 11) is 7.23. The molecule has 0 aromatic heterocycles. The van der Waals surface area contributed by atoms with Crippen LogP contribution in [0.1, 0.15) is 45.5 Å². The van der Waals surface area contributed by atoms with Gasteiger partial charge in [-0.3, -0.25) is 4.90 Å². The highest BCUT2D eigenvalue weighted by molar-refractivity contribution is 5.71. The van der Waals surface area contributed by atoms with Gasteiger partial charge < -0.3 is 33.7 Å². The van der Waals surface area contributed by atoms with E-state index in [0.717, 1.165) is 61.2 Å². The van der Waals surface area contributed by atoms with Crippen LogP contribution in [-0.4, -0.2) is 46.4 Å². The van der Waals surface area contributed by atoms with E-state index >= 15 is 0 Å². The second-order valence-electron chi connectivity index (χ2n) is 12.0. The van der Waals surface area contributed by atoms with Gasteiger partial charge in [0.05, 0.1) is 21.3 Å². The first kappa shape index (κ1) is 27.2. The largest absolute Gasteiger partial charge is 0.493 e. The molecule has 8 heteroatoms. The molecule has 6 aliphatic rings. The lowest BCUT2D eigenvalue weighted by atomic mass is 9.86. The lowest BCUT2D eigenvalue weighted by Crippen LogP contribution is -2.34. The van der Waals surface area contributed by atoms with E-state index in [-0.39, 0.29) is 12.1 Å². The fourth-order valence-electron chi connectivity index (χ4n) is 7.22. The minimum Gasteiger partial charge on any atom is -0.493 e. The van der Waals surface area contributed by atoms with Gasteiger partial charge in [-0.25, -0.2) is 0 Å². The molecule has 0 amide bonds. The number of fused-ring (bicyclic) bond motifs is 1. The van der Waals surface area contributed by atoms with Crippen molar-refractivity contribution in [2.75, 3.05) is 41.5 Å². The highest BCUT2D eigenvalue weighted by Crippen LogP contribution is 2.60. The van der Waals surface area contributed by atoms with E-state index in [9.17, 15) is 0 Å². The molecule has 4 aromatic rings. The molecule has 10 rings (SSSR count). The number of hydrogen-bond acceptors (Lipinski definition) is 8. The Morgan fingerprint density at radius 1 is 0.682 bits per heavy atom. The van der Waals surface area contributed by atoms with Gasteiger partial charge in [-0.2, -0.15) is 0 Å². The van der Waals surface area contributed by atoms with Crippen LogP contribution >= 0.6 is 0 Å². The predicted molar refractivity (Wildman–Crippen MR) is 167 cm³/mol. The van der Waals surface area contributed by atoms with Crippen molar-refractivity contribution in [2.45, 2.75) is 37.8 Å². The van der Waals surface area contributed by atoms with Crippen LogP contribution in [0.25, 0.3) is 0 Å². The van der Waals surface area contributed by atoms with E-state index in [1.165, 1.54) is 16.7 Å². The molecule has 0 spiro atoms. The Kier molecular flexibility index (Phi) is 6.57. The van der Waals surface area contributed by atoms with E-state index < -0.39 is 0 Å². The Hall–Kier alpha value is -4.40. The highest BCUT2D eigenvalue weighted by atomic mass is 16.6. The summed E-state index contributed by atoms with van der Waals surface area (Å²) in [5.41, 5.74) is 6.93. The summed E-state index contributed by atoms with van der Waals surface area (Å²) in [5.74, 6) is 6.14. The quantitative estimate of drug-likeness (QED) is 0.242. The molecule has 44 heavy (non-hydrogen) atoms. The third-order valence-corrected chi connectivity index (χ3v) is 9.48. The van der Waals surface area contributed by atoms with E-state index in [2.05, 4.69) is 53.7 Å². The first-order valence-electron chi connectivity index (χ1n) is 15.2. The maximum Gasteiger partial charge on any atom is 0.212 e. The number of nitrogens with zero attached hydrogens (tertiary/aromatic N) is 1. The Balaban J connectivity index is 1.37. The molecular formula is C36H36N2O6. The Bertz CT molecular complexity index is 1770. The van der Waals surface area contributed by atoms with Crippen LogP contribution < -0.4 is 33.7 Å². The van der Waals surface area contributed by atoms with Crippen molar-refractivity contribution in [3.05, 3.63) is 88.0 Å². The fraction of sp³-hybridized carbons (Fsp3) is 0.333. The Morgan fingerprint density at radius 3 is 2.05 bits per heavy atom. The zero-order chi connectivity index (χ0) is 29.9. The topological polar surface area (TPSA) is 70.7 Å². The van der Waals surface area contributed by atoms with Crippen LogP contribution in [-0.2, 0) is 25.7 Å². The molecule has 0 fully saturated rings. The lowest BCUT2D eigenvalue weighted by molar-refractivity contribution is 0.218. The summed E-state index contributed by atoms with van der Waals surface area (Å²) in [6, 6.07) is 18.8. The molecular weight excluding hydrogens is 556 g/mol. The minimum absolute atomic E-state index is 0.0217. The van der Waals surface area contributed by atoms with Crippen molar-refractivity contribution in [1.82, 2.24) is 10.2 Å². The number of nitrogens with one attached hydrogen (secondary N) is 1. The molecule has 8 nitrogen and oxygen atoms in total. The fourth-order valence-corrected chi connectivity index (χ4v) is 7.22. The van der Waals surface area contributed by atoms with Crippen molar-refractivity contribution in [2.24, 2.45) is 0 Å². The molecule has 2 unspecified atom stereocenters. The lowest BCUT2D eigenvalue weighted by Gasteiger charge is -2.39. The Labute approximate surface area is 257 Å². The molecule has 0 aliphatic carbocycles. The predicted octanol–water partition coefficient (Wildman–Crippen LogP) is 6.92. The summed E-state index contributed by atoms with van der Waals surface area (Å²) in [6.07, 6.45) is 3.26. The monoisotopic (exact) mass is 592 g/mol. The van der Waals surface area contributed by atoms with Gasteiger partial charge >= 0.3 is 0 Å². The first-order chi connectivity index (χ1) is 21.5. The van der Waals surface area contributed by atoms with Crippen LogP contribution in [0.4, 0.5) is 0 Å². The maximum atomic E-state index is 6.96. The minimum atomic E-state index is 0.0217. The van der Waals surface area contributed by atoms with Gasteiger partial charge in [0.25, 0.3) is 0 Å². The standard InChI is InChI=1S/C36H36N2O6/c1-38-14-12-23-19-30(41-4)34-36-32(23)26(38)16-21-7-10-27(39-2)28(17-21)42-24-8-5-20(6-9-24)15-25-31-22(11-13-37-25)18-29(40-3)33(44-36)35(31)43-34/h5-10,17-19,25-26,37H,11-16H2,1-4H3. The molecule has 226 valence electrons. The number of benzene rings is 4. The summed E-state index contributed by atoms with van der Waals surface area (Å²) >= 11 is 0. The average molecular weight is 593 g/mol. The molecule has 4 aromatic carbocycles. The van der Waals surface area contributed by atoms with Gasteiger partial charge in [0.15, 0.2) is 34.5 Å². The number of methoxy groups -OCH3 is 3. The maximum absolute atomic E-state index is 6.96. The summed E-state index contributed by atoms with van der Waals surface area (Å²) < 4.78 is 37.9. The van der Waals surface area contributed by atoms with Crippen molar-refractivity contribution in [3.8, 4) is 51.7 Å². The number of ether oxygens (including phenoxy) is 6. The molecule has 10 bridgehead atoms. The number of rotatable bonds is 3. The summed E-state index contributed by atoms with van der Waals surface area (Å²) in [4.78, 5) is 2.39. The van der Waals surface area contributed by atoms with Crippen molar-refractivity contribution >= 4 is 0 Å². The smallest absolute Gasteiger partial charge is 0.212 e.